The third kappa shape index (κ3) is 4.34. The molecule has 0 saturated carbocycles. The van der Waals surface area contributed by atoms with Crippen LogP contribution in [0.4, 0.5) is 5.69 Å². The van der Waals surface area contributed by atoms with Crippen molar-refractivity contribution in [3.05, 3.63) is 47.7 Å². The molecule has 1 saturated heterocycles. The minimum Gasteiger partial charge on any atom is -0.481 e. The minimum absolute atomic E-state index is 0.104. The number of anilines is 1. The normalized spacial score (nSPS) is 17.9. The van der Waals surface area contributed by atoms with Crippen molar-refractivity contribution in [1.82, 2.24) is 9.29 Å². The van der Waals surface area contributed by atoms with Crippen molar-refractivity contribution in [3.8, 4) is 5.88 Å². The van der Waals surface area contributed by atoms with Gasteiger partial charge in [0.05, 0.1) is 23.9 Å². The van der Waals surface area contributed by atoms with Crippen LogP contribution < -0.4 is 10.1 Å². The summed E-state index contributed by atoms with van der Waals surface area (Å²) in [5.41, 5.74) is 3.03. The SMILES string of the molecule is COc1ccc(NC(=O)C2CCN(S(=O)(=O)c3ccc4c(c3)CCCC4)CC2)cn1. The van der Waals surface area contributed by atoms with E-state index in [9.17, 15) is 13.2 Å². The fourth-order valence-electron chi connectivity index (χ4n) is 4.20. The van der Waals surface area contributed by atoms with Crippen molar-refractivity contribution in [3.63, 3.8) is 0 Å². The summed E-state index contributed by atoms with van der Waals surface area (Å²) in [7, 11) is -2.00. The number of methoxy groups -OCH3 is 1. The number of amides is 1. The number of sulfonamides is 1. The summed E-state index contributed by atoms with van der Waals surface area (Å²) in [4.78, 5) is 17.0. The number of nitrogens with zero attached hydrogens (tertiary/aromatic N) is 2. The first-order valence-corrected chi connectivity index (χ1v) is 11.8. The molecule has 2 heterocycles. The second-order valence-corrected chi connectivity index (χ2v) is 9.83. The van der Waals surface area contributed by atoms with Crippen molar-refractivity contribution >= 4 is 21.6 Å². The largest absolute Gasteiger partial charge is 0.481 e. The quantitative estimate of drug-likeness (QED) is 0.789. The van der Waals surface area contributed by atoms with Crippen LogP contribution in [0.15, 0.2) is 41.4 Å². The van der Waals surface area contributed by atoms with Crippen molar-refractivity contribution < 1.29 is 17.9 Å². The Hall–Kier alpha value is -2.45. The lowest BCUT2D eigenvalue weighted by atomic mass is 9.92. The van der Waals surface area contributed by atoms with E-state index in [0.717, 1.165) is 24.8 Å². The van der Waals surface area contributed by atoms with Crippen LogP contribution in [-0.4, -0.2) is 43.8 Å². The van der Waals surface area contributed by atoms with Crippen LogP contribution in [0.5, 0.6) is 5.88 Å². The number of nitrogens with one attached hydrogen (secondary N) is 1. The predicted octanol–water partition coefficient (Wildman–Crippen LogP) is 3.01. The molecule has 2 aliphatic rings. The maximum absolute atomic E-state index is 13.1. The van der Waals surface area contributed by atoms with Gasteiger partial charge >= 0.3 is 0 Å². The highest BCUT2D eigenvalue weighted by molar-refractivity contribution is 7.89. The van der Waals surface area contributed by atoms with Gasteiger partial charge in [-0.25, -0.2) is 13.4 Å². The molecule has 0 spiro atoms. The molecule has 1 aromatic carbocycles. The summed E-state index contributed by atoms with van der Waals surface area (Å²) in [5, 5.41) is 2.86. The fourth-order valence-corrected chi connectivity index (χ4v) is 5.72. The van der Waals surface area contributed by atoms with E-state index < -0.39 is 10.0 Å². The molecule has 1 aliphatic carbocycles. The Morgan fingerprint density at radius 3 is 2.50 bits per heavy atom. The van der Waals surface area contributed by atoms with Gasteiger partial charge < -0.3 is 10.1 Å². The molecule has 0 unspecified atom stereocenters. The number of pyridine rings is 1. The van der Waals surface area contributed by atoms with E-state index in [1.165, 1.54) is 23.4 Å². The highest BCUT2D eigenvalue weighted by atomic mass is 32.2. The number of carbonyl (C=O) groups is 1. The molecule has 160 valence electrons. The van der Waals surface area contributed by atoms with Crippen molar-refractivity contribution in [1.29, 1.82) is 0 Å². The number of carbonyl (C=O) groups excluding carboxylic acids is 1. The standard InChI is InChI=1S/C22H27N3O4S/c1-29-21-9-7-19(15-23-21)24-22(26)17-10-12-25(13-11-17)30(27,28)20-8-6-16-4-2-3-5-18(16)14-20/h6-9,14-15,17H,2-5,10-13H2,1H3,(H,24,26). The number of benzene rings is 1. The van der Waals surface area contributed by atoms with Crippen LogP contribution in [0, 0.1) is 5.92 Å². The van der Waals surface area contributed by atoms with E-state index in [-0.39, 0.29) is 11.8 Å². The summed E-state index contributed by atoms with van der Waals surface area (Å²) in [5.74, 6) is 0.156. The number of hydrogen-bond acceptors (Lipinski definition) is 5. The van der Waals surface area contributed by atoms with E-state index in [4.69, 9.17) is 4.74 Å². The first kappa shape index (κ1) is 20.8. The number of aromatic nitrogens is 1. The summed E-state index contributed by atoms with van der Waals surface area (Å²) in [6, 6.07) is 8.96. The highest BCUT2D eigenvalue weighted by Crippen LogP contribution is 2.28. The number of fused-ring (bicyclic) bond motifs is 1. The maximum Gasteiger partial charge on any atom is 0.243 e. The zero-order valence-electron chi connectivity index (χ0n) is 17.1. The molecule has 1 aromatic heterocycles. The minimum atomic E-state index is -3.53. The number of rotatable bonds is 5. The Labute approximate surface area is 177 Å². The molecule has 2 aromatic rings. The Morgan fingerprint density at radius 2 is 1.83 bits per heavy atom. The molecule has 1 aliphatic heterocycles. The summed E-state index contributed by atoms with van der Waals surface area (Å²) in [6.45, 7) is 0.691. The molecule has 8 heteroatoms. The van der Waals surface area contributed by atoms with Gasteiger partial charge in [0.2, 0.25) is 21.8 Å². The number of ether oxygens (including phenoxy) is 1. The van der Waals surface area contributed by atoms with E-state index in [1.807, 2.05) is 12.1 Å². The zero-order valence-corrected chi connectivity index (χ0v) is 18.0. The summed E-state index contributed by atoms with van der Waals surface area (Å²) < 4.78 is 32.7. The first-order chi connectivity index (χ1) is 14.5. The average molecular weight is 430 g/mol. The van der Waals surface area contributed by atoms with E-state index in [2.05, 4.69) is 10.3 Å². The lowest BCUT2D eigenvalue weighted by molar-refractivity contribution is -0.120. The number of hydrogen-bond donors (Lipinski definition) is 1. The van der Waals surface area contributed by atoms with Crippen LogP contribution in [0.3, 0.4) is 0 Å². The van der Waals surface area contributed by atoms with Gasteiger partial charge in [-0.3, -0.25) is 4.79 Å². The topological polar surface area (TPSA) is 88.6 Å². The molecule has 7 nitrogen and oxygen atoms in total. The average Bonchev–Trinajstić information content (AvgIpc) is 2.79. The van der Waals surface area contributed by atoms with E-state index >= 15 is 0 Å². The zero-order chi connectivity index (χ0) is 21.1. The van der Waals surface area contributed by atoms with Gasteiger partial charge in [-0.15, -0.1) is 0 Å². The van der Waals surface area contributed by atoms with Crippen LogP contribution in [0.25, 0.3) is 0 Å². The predicted molar refractivity (Wildman–Crippen MR) is 114 cm³/mol. The maximum atomic E-state index is 13.1. The van der Waals surface area contributed by atoms with Gasteiger partial charge in [-0.2, -0.15) is 4.31 Å². The van der Waals surface area contributed by atoms with Gasteiger partial charge in [0.25, 0.3) is 0 Å². The number of aryl methyl sites for hydroxylation is 2. The second kappa shape index (κ2) is 8.73. The lowest BCUT2D eigenvalue weighted by Gasteiger charge is -2.31. The van der Waals surface area contributed by atoms with Gasteiger partial charge in [0.1, 0.15) is 0 Å². The smallest absolute Gasteiger partial charge is 0.243 e. The van der Waals surface area contributed by atoms with Crippen molar-refractivity contribution in [2.24, 2.45) is 5.92 Å². The van der Waals surface area contributed by atoms with Gasteiger partial charge in [-0.1, -0.05) is 6.07 Å². The first-order valence-electron chi connectivity index (χ1n) is 10.4. The molecular formula is C22H27N3O4S. The van der Waals surface area contributed by atoms with Gasteiger partial charge in [-0.05, 0) is 67.9 Å². The van der Waals surface area contributed by atoms with E-state index in [0.29, 0.717) is 42.4 Å². The van der Waals surface area contributed by atoms with Gasteiger partial charge in [0.15, 0.2) is 0 Å². The molecule has 0 radical (unpaired) electrons. The molecule has 30 heavy (non-hydrogen) atoms. The van der Waals surface area contributed by atoms with Crippen LogP contribution in [-0.2, 0) is 27.7 Å². The van der Waals surface area contributed by atoms with Crippen molar-refractivity contribution in [2.75, 3.05) is 25.5 Å². The molecule has 1 N–H and O–H groups in total. The number of piperidine rings is 1. The van der Waals surface area contributed by atoms with Gasteiger partial charge in [0, 0.05) is 25.1 Å². The molecular weight excluding hydrogens is 402 g/mol. The monoisotopic (exact) mass is 429 g/mol. The molecule has 1 amide bonds. The lowest BCUT2D eigenvalue weighted by Crippen LogP contribution is -2.41. The highest BCUT2D eigenvalue weighted by Gasteiger charge is 2.32. The Balaban J connectivity index is 1.38. The van der Waals surface area contributed by atoms with Crippen molar-refractivity contribution in [2.45, 2.75) is 43.4 Å². The van der Waals surface area contributed by atoms with Crippen LogP contribution >= 0.6 is 0 Å². The third-order valence-electron chi connectivity index (χ3n) is 6.00. The Bertz CT molecular complexity index is 1010. The third-order valence-corrected chi connectivity index (χ3v) is 7.89. The van der Waals surface area contributed by atoms with E-state index in [1.54, 1.807) is 24.4 Å². The molecule has 0 atom stereocenters. The second-order valence-electron chi connectivity index (χ2n) is 7.89. The molecule has 0 bridgehead atoms. The fraction of sp³-hybridized carbons (Fsp3) is 0.455. The van der Waals surface area contributed by atoms with Crippen LogP contribution in [0.1, 0.15) is 36.8 Å². The summed E-state index contributed by atoms with van der Waals surface area (Å²) >= 11 is 0. The molecule has 1 fully saturated rings. The molecule has 4 rings (SSSR count). The van der Waals surface area contributed by atoms with Crippen LogP contribution in [0.2, 0.25) is 0 Å². The Kier molecular flexibility index (Phi) is 6.06. The summed E-state index contributed by atoms with van der Waals surface area (Å²) in [6.07, 6.45) is 6.80. The Morgan fingerprint density at radius 1 is 1.10 bits per heavy atom.